The van der Waals surface area contributed by atoms with Gasteiger partial charge in [0.2, 0.25) is 11.8 Å². The van der Waals surface area contributed by atoms with Crippen LogP contribution in [-0.2, 0) is 6.61 Å². The first kappa shape index (κ1) is 12.2. The molecule has 1 aromatic heterocycles. The minimum absolute atomic E-state index is 0.218. The van der Waals surface area contributed by atoms with Gasteiger partial charge in [-0.1, -0.05) is 12.1 Å². The average Bonchev–Trinajstić information content (AvgIpc) is 2.35. The highest BCUT2D eigenvalue weighted by atomic mass is 16.5. The van der Waals surface area contributed by atoms with E-state index in [0.29, 0.717) is 12.5 Å². The third kappa shape index (κ3) is 3.10. The van der Waals surface area contributed by atoms with Crippen molar-refractivity contribution in [3.63, 3.8) is 0 Å². The summed E-state index contributed by atoms with van der Waals surface area (Å²) in [4.78, 5) is 7.99. The number of methoxy groups -OCH3 is 1. The molecule has 5 heteroatoms. The lowest BCUT2D eigenvalue weighted by atomic mass is 10.2. The SMILES string of the molecule is COc1cccc(COc2cc(C)nc(N)n2)c1. The van der Waals surface area contributed by atoms with Crippen molar-refractivity contribution in [3.05, 3.63) is 41.6 Å². The standard InChI is InChI=1S/C13H15N3O2/c1-9-6-12(16-13(14)15-9)18-8-10-4-3-5-11(7-10)17-2/h3-7H,8H2,1-2H3,(H2,14,15,16). The Bertz CT molecular complexity index is 523. The molecule has 0 amide bonds. The van der Waals surface area contributed by atoms with E-state index < -0.39 is 0 Å². The predicted molar refractivity (Wildman–Crippen MR) is 68.5 cm³/mol. The third-order valence-electron chi connectivity index (χ3n) is 2.37. The molecule has 0 bridgehead atoms. The lowest BCUT2D eigenvalue weighted by molar-refractivity contribution is 0.292. The van der Waals surface area contributed by atoms with Gasteiger partial charge in [0.25, 0.3) is 0 Å². The molecule has 0 radical (unpaired) electrons. The number of aryl methyl sites for hydroxylation is 1. The second kappa shape index (κ2) is 5.35. The smallest absolute Gasteiger partial charge is 0.223 e. The van der Waals surface area contributed by atoms with Crippen LogP contribution in [-0.4, -0.2) is 17.1 Å². The summed E-state index contributed by atoms with van der Waals surface area (Å²) in [7, 11) is 1.63. The minimum Gasteiger partial charge on any atom is -0.497 e. The van der Waals surface area contributed by atoms with Gasteiger partial charge >= 0.3 is 0 Å². The second-order valence-corrected chi connectivity index (χ2v) is 3.85. The topological polar surface area (TPSA) is 70.3 Å². The van der Waals surface area contributed by atoms with Gasteiger partial charge in [-0.2, -0.15) is 4.98 Å². The van der Waals surface area contributed by atoms with E-state index in [1.54, 1.807) is 13.2 Å². The van der Waals surface area contributed by atoms with Crippen molar-refractivity contribution in [2.24, 2.45) is 0 Å². The molecular weight excluding hydrogens is 230 g/mol. The first-order valence-corrected chi connectivity index (χ1v) is 5.54. The molecule has 0 aliphatic carbocycles. The Kier molecular flexibility index (Phi) is 3.62. The lowest BCUT2D eigenvalue weighted by Crippen LogP contribution is -2.02. The van der Waals surface area contributed by atoms with E-state index >= 15 is 0 Å². The van der Waals surface area contributed by atoms with Gasteiger partial charge in [-0.25, -0.2) is 4.98 Å². The van der Waals surface area contributed by atoms with Crippen LogP contribution in [0.15, 0.2) is 30.3 Å². The van der Waals surface area contributed by atoms with Crippen molar-refractivity contribution in [1.29, 1.82) is 0 Å². The van der Waals surface area contributed by atoms with Crippen molar-refractivity contribution in [2.45, 2.75) is 13.5 Å². The van der Waals surface area contributed by atoms with E-state index in [1.807, 2.05) is 31.2 Å². The number of hydrogen-bond acceptors (Lipinski definition) is 5. The van der Waals surface area contributed by atoms with E-state index in [-0.39, 0.29) is 5.95 Å². The highest BCUT2D eigenvalue weighted by Gasteiger charge is 2.02. The van der Waals surface area contributed by atoms with Crippen molar-refractivity contribution in [2.75, 3.05) is 12.8 Å². The maximum Gasteiger partial charge on any atom is 0.223 e. The Hall–Kier alpha value is -2.30. The van der Waals surface area contributed by atoms with Gasteiger partial charge in [0.05, 0.1) is 7.11 Å². The highest BCUT2D eigenvalue weighted by Crippen LogP contribution is 2.16. The van der Waals surface area contributed by atoms with Crippen LogP contribution < -0.4 is 15.2 Å². The Morgan fingerprint density at radius 2 is 2.06 bits per heavy atom. The van der Waals surface area contributed by atoms with Crippen LogP contribution in [0.25, 0.3) is 0 Å². The monoisotopic (exact) mass is 245 g/mol. The number of hydrogen-bond donors (Lipinski definition) is 1. The Balaban J connectivity index is 2.06. The van der Waals surface area contributed by atoms with Crippen LogP contribution in [0.2, 0.25) is 0 Å². The minimum atomic E-state index is 0.218. The summed E-state index contributed by atoms with van der Waals surface area (Å²) in [5.74, 6) is 1.49. The molecule has 2 rings (SSSR count). The Morgan fingerprint density at radius 1 is 1.22 bits per heavy atom. The first-order valence-electron chi connectivity index (χ1n) is 5.54. The molecule has 2 N–H and O–H groups in total. The third-order valence-corrected chi connectivity index (χ3v) is 2.37. The molecular formula is C13H15N3O2. The van der Waals surface area contributed by atoms with E-state index in [0.717, 1.165) is 17.0 Å². The molecule has 94 valence electrons. The molecule has 0 aliphatic heterocycles. The summed E-state index contributed by atoms with van der Waals surface area (Å²) in [6, 6.07) is 9.42. The van der Waals surface area contributed by atoms with Gasteiger partial charge in [0, 0.05) is 11.8 Å². The average molecular weight is 245 g/mol. The number of nitrogens with two attached hydrogens (primary N) is 1. The largest absolute Gasteiger partial charge is 0.497 e. The van der Waals surface area contributed by atoms with Gasteiger partial charge in [-0.3, -0.25) is 0 Å². The second-order valence-electron chi connectivity index (χ2n) is 3.85. The molecule has 0 unspecified atom stereocenters. The van der Waals surface area contributed by atoms with Gasteiger partial charge in [0.1, 0.15) is 12.4 Å². The van der Waals surface area contributed by atoms with Crippen LogP contribution in [0, 0.1) is 6.92 Å². The van der Waals surface area contributed by atoms with Gasteiger partial charge < -0.3 is 15.2 Å². The lowest BCUT2D eigenvalue weighted by Gasteiger charge is -2.07. The van der Waals surface area contributed by atoms with Crippen molar-refractivity contribution in [3.8, 4) is 11.6 Å². The normalized spacial score (nSPS) is 10.1. The van der Waals surface area contributed by atoms with Crippen molar-refractivity contribution >= 4 is 5.95 Å². The summed E-state index contributed by atoms with van der Waals surface area (Å²) in [5.41, 5.74) is 7.34. The molecule has 5 nitrogen and oxygen atoms in total. The highest BCUT2D eigenvalue weighted by molar-refractivity contribution is 5.29. The van der Waals surface area contributed by atoms with Crippen molar-refractivity contribution in [1.82, 2.24) is 9.97 Å². The summed E-state index contributed by atoms with van der Waals surface area (Å²) < 4.78 is 10.7. The molecule has 1 heterocycles. The number of benzene rings is 1. The Labute approximate surface area is 106 Å². The molecule has 2 aromatic rings. The first-order chi connectivity index (χ1) is 8.67. The molecule has 1 aromatic carbocycles. The zero-order valence-corrected chi connectivity index (χ0v) is 10.4. The number of ether oxygens (including phenoxy) is 2. The van der Waals surface area contributed by atoms with Crippen LogP contribution >= 0.6 is 0 Å². The van der Waals surface area contributed by atoms with Crippen LogP contribution in [0.5, 0.6) is 11.6 Å². The molecule has 0 saturated carbocycles. The van der Waals surface area contributed by atoms with Gasteiger partial charge in [-0.05, 0) is 24.6 Å². The number of nitrogen functional groups attached to an aromatic ring is 1. The fourth-order valence-corrected chi connectivity index (χ4v) is 1.56. The summed E-state index contributed by atoms with van der Waals surface area (Å²) in [6.07, 6.45) is 0. The quantitative estimate of drug-likeness (QED) is 0.891. The zero-order chi connectivity index (χ0) is 13.0. The summed E-state index contributed by atoms with van der Waals surface area (Å²) in [5, 5.41) is 0. The number of aromatic nitrogens is 2. The summed E-state index contributed by atoms with van der Waals surface area (Å²) in [6.45, 7) is 2.25. The van der Waals surface area contributed by atoms with Crippen LogP contribution in [0.1, 0.15) is 11.3 Å². The van der Waals surface area contributed by atoms with Gasteiger partial charge in [-0.15, -0.1) is 0 Å². The molecule has 0 aliphatic rings. The fourth-order valence-electron chi connectivity index (χ4n) is 1.56. The molecule has 0 atom stereocenters. The molecule has 0 saturated heterocycles. The van der Waals surface area contributed by atoms with E-state index in [2.05, 4.69) is 9.97 Å². The maximum absolute atomic E-state index is 5.57. The van der Waals surface area contributed by atoms with E-state index in [1.165, 1.54) is 0 Å². The van der Waals surface area contributed by atoms with Crippen LogP contribution in [0.3, 0.4) is 0 Å². The van der Waals surface area contributed by atoms with Crippen molar-refractivity contribution < 1.29 is 9.47 Å². The zero-order valence-electron chi connectivity index (χ0n) is 10.4. The number of rotatable bonds is 4. The van der Waals surface area contributed by atoms with Crippen LogP contribution in [0.4, 0.5) is 5.95 Å². The van der Waals surface area contributed by atoms with E-state index in [4.69, 9.17) is 15.2 Å². The Morgan fingerprint density at radius 3 is 2.78 bits per heavy atom. The summed E-state index contributed by atoms with van der Waals surface area (Å²) >= 11 is 0. The predicted octanol–water partition coefficient (Wildman–Crippen LogP) is 1.95. The van der Waals surface area contributed by atoms with E-state index in [9.17, 15) is 0 Å². The molecule has 18 heavy (non-hydrogen) atoms. The molecule has 0 spiro atoms. The number of nitrogens with zero attached hydrogens (tertiary/aromatic N) is 2. The number of anilines is 1. The molecule has 0 fully saturated rings. The fraction of sp³-hybridized carbons (Fsp3) is 0.231. The van der Waals surface area contributed by atoms with Gasteiger partial charge in [0.15, 0.2) is 0 Å². The maximum atomic E-state index is 5.57.